The zero-order valence-electron chi connectivity index (χ0n) is 18.1. The van der Waals surface area contributed by atoms with Crippen LogP contribution in [0.4, 0.5) is 26.3 Å². The second kappa shape index (κ2) is 10.4. The highest BCUT2D eigenvalue weighted by molar-refractivity contribution is 6.30. The molecule has 1 aliphatic rings. The van der Waals surface area contributed by atoms with Crippen molar-refractivity contribution >= 4 is 23.5 Å². The van der Waals surface area contributed by atoms with Gasteiger partial charge in [0.1, 0.15) is 0 Å². The van der Waals surface area contributed by atoms with Crippen molar-refractivity contribution in [1.29, 1.82) is 0 Å². The molecule has 3 rings (SSSR count). The van der Waals surface area contributed by atoms with E-state index in [9.17, 15) is 35.9 Å². The molecule has 1 fully saturated rings. The van der Waals surface area contributed by atoms with Gasteiger partial charge in [-0.25, -0.2) is 0 Å². The molecular formula is C23H21ClF6N2O3. The predicted octanol–water partition coefficient (Wildman–Crippen LogP) is 5.27. The van der Waals surface area contributed by atoms with Crippen LogP contribution in [0.3, 0.4) is 0 Å². The Labute approximate surface area is 201 Å². The topological polar surface area (TPSA) is 69.6 Å². The average Bonchev–Trinajstić information content (AvgIpc) is 2.77. The molecule has 5 nitrogen and oxygen atoms in total. The molecule has 0 bridgehead atoms. The second-order valence-electron chi connectivity index (χ2n) is 8.27. The summed E-state index contributed by atoms with van der Waals surface area (Å²) in [7, 11) is 0. The van der Waals surface area contributed by atoms with Gasteiger partial charge in [-0.3, -0.25) is 9.59 Å². The molecular weight excluding hydrogens is 502 g/mol. The Kier molecular flexibility index (Phi) is 8.00. The summed E-state index contributed by atoms with van der Waals surface area (Å²) >= 11 is 5.90. The first-order valence-corrected chi connectivity index (χ1v) is 10.9. The minimum atomic E-state index is -5.08. The number of hydrogen-bond donors (Lipinski definition) is 2. The van der Waals surface area contributed by atoms with Gasteiger partial charge in [-0.1, -0.05) is 23.7 Å². The number of carbonyl (C=O) groups is 2. The van der Waals surface area contributed by atoms with E-state index in [1.165, 1.54) is 4.90 Å². The van der Waals surface area contributed by atoms with Crippen LogP contribution in [0.1, 0.15) is 39.9 Å². The molecule has 12 heteroatoms. The highest BCUT2D eigenvalue weighted by atomic mass is 35.5. The number of carboxylic acid groups (broad SMARTS) is 1. The second-order valence-corrected chi connectivity index (χ2v) is 8.71. The number of aliphatic carboxylic acids is 1. The number of alkyl halides is 6. The maximum Gasteiger partial charge on any atom is 0.416 e. The number of benzene rings is 2. The van der Waals surface area contributed by atoms with E-state index in [-0.39, 0.29) is 44.5 Å². The predicted molar refractivity (Wildman–Crippen MR) is 115 cm³/mol. The van der Waals surface area contributed by atoms with Crippen molar-refractivity contribution in [2.24, 2.45) is 0 Å². The molecule has 1 saturated heterocycles. The lowest BCUT2D eigenvalue weighted by atomic mass is 9.91. The number of nitrogens with zero attached hydrogens (tertiary/aromatic N) is 1. The van der Waals surface area contributed by atoms with Gasteiger partial charge in [-0.05, 0) is 55.2 Å². The van der Waals surface area contributed by atoms with E-state index in [1.807, 2.05) is 0 Å². The van der Waals surface area contributed by atoms with Crippen molar-refractivity contribution < 1.29 is 41.0 Å². The fourth-order valence-electron chi connectivity index (χ4n) is 4.07. The molecule has 2 atom stereocenters. The van der Waals surface area contributed by atoms with Crippen LogP contribution < -0.4 is 5.32 Å². The zero-order valence-corrected chi connectivity index (χ0v) is 18.8. The monoisotopic (exact) mass is 522 g/mol. The van der Waals surface area contributed by atoms with Gasteiger partial charge in [0, 0.05) is 29.2 Å². The van der Waals surface area contributed by atoms with Crippen LogP contribution >= 0.6 is 11.6 Å². The Bertz CT molecular complexity index is 1040. The van der Waals surface area contributed by atoms with Gasteiger partial charge < -0.3 is 15.3 Å². The fraction of sp³-hybridized carbons (Fsp3) is 0.391. The van der Waals surface area contributed by atoms with Crippen LogP contribution in [0.2, 0.25) is 5.02 Å². The summed E-state index contributed by atoms with van der Waals surface area (Å²) in [5, 5.41) is 12.2. The average molecular weight is 523 g/mol. The zero-order chi connectivity index (χ0) is 26.0. The van der Waals surface area contributed by atoms with E-state index in [4.69, 9.17) is 16.7 Å². The highest BCUT2D eigenvalue weighted by Gasteiger charge is 2.39. The smallest absolute Gasteiger partial charge is 0.416 e. The molecule has 1 amide bonds. The molecule has 0 aliphatic carbocycles. The van der Waals surface area contributed by atoms with Gasteiger partial charge in [-0.15, -0.1) is 0 Å². The van der Waals surface area contributed by atoms with Gasteiger partial charge >= 0.3 is 18.3 Å². The van der Waals surface area contributed by atoms with Crippen molar-refractivity contribution in [2.45, 2.75) is 43.7 Å². The standard InChI is InChI=1S/C23H21ClF6N2O3/c24-17-3-1-13(2-4-17)7-19-11-18(31-12-20(33)34)5-6-32(19)21(35)14-8-15(22(25,26)27)10-16(9-14)23(28,29)30/h1-4,8-10,18-19,31H,5-7,11-12H2,(H,33,34). The molecule has 2 N–H and O–H groups in total. The summed E-state index contributed by atoms with van der Waals surface area (Å²) < 4.78 is 79.7. The molecule has 0 radical (unpaired) electrons. The summed E-state index contributed by atoms with van der Waals surface area (Å²) in [5.74, 6) is -2.04. The SMILES string of the molecule is O=C(O)CNC1CCN(C(=O)c2cc(C(F)(F)F)cc(C(F)(F)F)c2)C(Cc2ccc(Cl)cc2)C1. The van der Waals surface area contributed by atoms with E-state index in [2.05, 4.69) is 5.32 Å². The number of piperidine rings is 1. The van der Waals surface area contributed by atoms with E-state index < -0.39 is 47.0 Å². The van der Waals surface area contributed by atoms with Crippen molar-refractivity contribution in [2.75, 3.05) is 13.1 Å². The van der Waals surface area contributed by atoms with E-state index in [0.717, 1.165) is 5.56 Å². The first kappa shape index (κ1) is 26.8. The Hall–Kier alpha value is -2.79. The van der Waals surface area contributed by atoms with Crippen molar-refractivity contribution in [3.63, 3.8) is 0 Å². The normalized spacial score (nSPS) is 19.0. The van der Waals surface area contributed by atoms with E-state index in [1.54, 1.807) is 24.3 Å². The van der Waals surface area contributed by atoms with Crippen LogP contribution in [0, 0.1) is 0 Å². The molecule has 1 aliphatic heterocycles. The van der Waals surface area contributed by atoms with Gasteiger partial charge in [0.15, 0.2) is 0 Å². The summed E-state index contributed by atoms with van der Waals surface area (Å²) in [6.07, 6.45) is -9.37. The molecule has 190 valence electrons. The third-order valence-electron chi connectivity index (χ3n) is 5.74. The Morgan fingerprint density at radius 1 is 1.00 bits per heavy atom. The lowest BCUT2D eigenvalue weighted by Crippen LogP contribution is -2.52. The summed E-state index contributed by atoms with van der Waals surface area (Å²) in [5.41, 5.74) is -3.10. The molecule has 2 aromatic rings. The molecule has 1 heterocycles. The molecule has 0 aromatic heterocycles. The van der Waals surface area contributed by atoms with Gasteiger partial charge in [0.05, 0.1) is 17.7 Å². The number of rotatable bonds is 6. The van der Waals surface area contributed by atoms with Crippen LogP contribution in [0.25, 0.3) is 0 Å². The molecule has 35 heavy (non-hydrogen) atoms. The third kappa shape index (κ3) is 7.11. The quantitative estimate of drug-likeness (QED) is 0.507. The maximum atomic E-state index is 13.3. The summed E-state index contributed by atoms with van der Waals surface area (Å²) in [6, 6.07) is 6.55. The minimum Gasteiger partial charge on any atom is -0.480 e. The lowest BCUT2D eigenvalue weighted by Gasteiger charge is -2.40. The van der Waals surface area contributed by atoms with Crippen molar-refractivity contribution in [3.05, 3.63) is 69.7 Å². The van der Waals surface area contributed by atoms with Crippen LogP contribution in [-0.4, -0.2) is 47.1 Å². The number of carbonyl (C=O) groups excluding carboxylic acids is 1. The number of amides is 1. The minimum absolute atomic E-state index is 0.0198. The summed E-state index contributed by atoms with van der Waals surface area (Å²) in [4.78, 5) is 25.4. The van der Waals surface area contributed by atoms with Crippen LogP contribution in [0.15, 0.2) is 42.5 Å². The number of nitrogens with one attached hydrogen (secondary N) is 1. The Morgan fingerprint density at radius 3 is 2.09 bits per heavy atom. The van der Waals surface area contributed by atoms with E-state index in [0.29, 0.717) is 17.2 Å². The number of hydrogen-bond acceptors (Lipinski definition) is 3. The van der Waals surface area contributed by atoms with Crippen LogP contribution in [-0.2, 0) is 23.6 Å². The summed E-state index contributed by atoms with van der Waals surface area (Å²) in [6.45, 7) is -0.305. The first-order chi connectivity index (χ1) is 16.2. The third-order valence-corrected chi connectivity index (χ3v) is 5.99. The van der Waals surface area contributed by atoms with Gasteiger partial charge in [-0.2, -0.15) is 26.3 Å². The van der Waals surface area contributed by atoms with Crippen LogP contribution in [0.5, 0.6) is 0 Å². The molecule has 0 spiro atoms. The molecule has 0 saturated carbocycles. The molecule has 2 aromatic carbocycles. The van der Waals surface area contributed by atoms with E-state index >= 15 is 0 Å². The van der Waals surface area contributed by atoms with Crippen molar-refractivity contribution in [3.8, 4) is 0 Å². The van der Waals surface area contributed by atoms with Gasteiger partial charge in [0.2, 0.25) is 0 Å². The van der Waals surface area contributed by atoms with Crippen molar-refractivity contribution in [1.82, 2.24) is 10.2 Å². The maximum absolute atomic E-state index is 13.3. The Balaban J connectivity index is 1.94. The number of likely N-dealkylation sites (tertiary alicyclic amines) is 1. The fourth-order valence-corrected chi connectivity index (χ4v) is 4.19. The first-order valence-electron chi connectivity index (χ1n) is 10.5. The van der Waals surface area contributed by atoms with Gasteiger partial charge in [0.25, 0.3) is 5.91 Å². The lowest BCUT2D eigenvalue weighted by molar-refractivity contribution is -0.143. The highest BCUT2D eigenvalue weighted by Crippen LogP contribution is 2.37. The Morgan fingerprint density at radius 2 is 1.57 bits per heavy atom. The molecule has 2 unspecified atom stereocenters. The largest absolute Gasteiger partial charge is 0.480 e. The number of carboxylic acids is 1. The number of halogens is 7.